The maximum absolute atomic E-state index is 13.9. The van der Waals surface area contributed by atoms with Crippen LogP contribution < -0.4 is 4.74 Å². The molecule has 2 atom stereocenters. The minimum Gasteiger partial charge on any atom is -0.497 e. The molecule has 0 aliphatic carbocycles. The van der Waals surface area contributed by atoms with Gasteiger partial charge in [-0.25, -0.2) is 0 Å². The minimum atomic E-state index is -5.85. The molecule has 0 bridgehead atoms. The van der Waals surface area contributed by atoms with Crippen LogP contribution in [0, 0.1) is 5.92 Å². The Balaban J connectivity index is 2.62. The van der Waals surface area contributed by atoms with Crippen molar-refractivity contribution >= 4 is 16.7 Å². The van der Waals surface area contributed by atoms with Crippen LogP contribution in [0.15, 0.2) is 36.4 Å². The van der Waals surface area contributed by atoms with Crippen LogP contribution in [0.1, 0.15) is 19.4 Å². The molecule has 0 fully saturated rings. The molecule has 0 saturated carbocycles. The number of hydrogen-bond acceptors (Lipinski definition) is 2. The molecule has 0 aromatic heterocycles. The van der Waals surface area contributed by atoms with Gasteiger partial charge in [0, 0.05) is 5.92 Å². The van der Waals surface area contributed by atoms with Gasteiger partial charge in [0.25, 0.3) is 0 Å². The van der Waals surface area contributed by atoms with Gasteiger partial charge in [0.05, 0.1) is 12.5 Å². The lowest BCUT2D eigenvalue weighted by Crippen LogP contribution is -2.53. The fourth-order valence-electron chi connectivity index (χ4n) is 2.84. The van der Waals surface area contributed by atoms with E-state index in [4.69, 9.17) is 4.74 Å². The Morgan fingerprint density at radius 3 is 2.08 bits per heavy atom. The third kappa shape index (κ3) is 3.08. The minimum absolute atomic E-state index is 0.140. The van der Waals surface area contributed by atoms with E-state index in [1.807, 2.05) is 0 Å². The smallest absolute Gasteiger partial charge is 0.453 e. The number of benzene rings is 2. The molecule has 142 valence electrons. The van der Waals surface area contributed by atoms with Gasteiger partial charge in [0.2, 0.25) is 0 Å². The van der Waals surface area contributed by atoms with Gasteiger partial charge in [-0.2, -0.15) is 22.0 Å². The summed E-state index contributed by atoms with van der Waals surface area (Å²) in [5.41, 5.74) is -2.59. The van der Waals surface area contributed by atoms with E-state index in [9.17, 15) is 31.9 Å². The third-order valence-corrected chi connectivity index (χ3v) is 4.88. The average molecular weight is 376 g/mol. The fraction of sp³-hybridized carbons (Fsp3) is 0.389. The number of hydrogen-bond donors (Lipinski definition) is 1. The highest BCUT2D eigenvalue weighted by molar-refractivity contribution is 5.88. The first-order valence-corrected chi connectivity index (χ1v) is 7.62. The summed E-state index contributed by atoms with van der Waals surface area (Å²) >= 11 is 0. The number of ether oxygens (including phenoxy) is 1. The zero-order valence-electron chi connectivity index (χ0n) is 14.2. The zero-order chi connectivity index (χ0) is 19.9. The average Bonchev–Trinajstić information content (AvgIpc) is 2.58. The van der Waals surface area contributed by atoms with Crippen LogP contribution in [0.25, 0.3) is 10.8 Å². The van der Waals surface area contributed by atoms with E-state index in [1.165, 1.54) is 25.3 Å². The van der Waals surface area contributed by atoms with Gasteiger partial charge in [0.1, 0.15) is 5.75 Å². The number of carbonyl (C=O) groups is 1. The molecule has 0 saturated heterocycles. The van der Waals surface area contributed by atoms with Gasteiger partial charge in [-0.3, -0.25) is 4.79 Å². The van der Waals surface area contributed by atoms with Crippen molar-refractivity contribution in [2.75, 3.05) is 7.11 Å². The van der Waals surface area contributed by atoms with E-state index in [0.29, 0.717) is 23.4 Å². The highest BCUT2D eigenvalue weighted by Crippen LogP contribution is 2.49. The Morgan fingerprint density at radius 2 is 1.58 bits per heavy atom. The summed E-state index contributed by atoms with van der Waals surface area (Å²) in [4.78, 5) is 11.8. The molecule has 0 heterocycles. The number of methoxy groups -OCH3 is 1. The van der Waals surface area contributed by atoms with Crippen LogP contribution in [0.3, 0.4) is 0 Å². The third-order valence-electron chi connectivity index (χ3n) is 4.88. The van der Waals surface area contributed by atoms with Gasteiger partial charge >= 0.3 is 18.1 Å². The van der Waals surface area contributed by atoms with Crippen LogP contribution in [-0.2, 0) is 10.2 Å². The van der Waals surface area contributed by atoms with E-state index in [2.05, 4.69) is 0 Å². The van der Waals surface area contributed by atoms with E-state index in [-0.39, 0.29) is 5.56 Å². The van der Waals surface area contributed by atoms with Gasteiger partial charge in [-0.15, -0.1) is 0 Å². The largest absolute Gasteiger partial charge is 0.497 e. The van der Waals surface area contributed by atoms with Crippen LogP contribution in [0.2, 0.25) is 0 Å². The van der Waals surface area contributed by atoms with Gasteiger partial charge < -0.3 is 9.84 Å². The maximum atomic E-state index is 13.9. The van der Waals surface area contributed by atoms with Crippen molar-refractivity contribution in [2.24, 2.45) is 5.92 Å². The van der Waals surface area contributed by atoms with Gasteiger partial charge in [0.15, 0.2) is 0 Å². The molecule has 8 heteroatoms. The Hall–Kier alpha value is -2.38. The number of fused-ring (bicyclic) bond motifs is 1. The predicted molar refractivity (Wildman–Crippen MR) is 85.7 cm³/mol. The van der Waals surface area contributed by atoms with Crippen LogP contribution in [0.5, 0.6) is 5.75 Å². The van der Waals surface area contributed by atoms with E-state index in [0.717, 1.165) is 6.92 Å². The standard InChI is InChI=1S/C18H17F5O3/c1-10(17(19,20)18(21,22)23)16(2,15(24)25)13-6-4-12-9-14(26-3)7-5-11(12)8-13/h4-10H,1-3H3,(H,24,25)/t10-,16+/m1/s1. The molecule has 2 rings (SSSR count). The Kier molecular flexibility index (Phi) is 4.91. The van der Waals surface area contributed by atoms with Crippen molar-refractivity contribution in [2.45, 2.75) is 31.4 Å². The summed E-state index contributed by atoms with van der Waals surface area (Å²) in [7, 11) is 1.46. The number of carboxylic acid groups (broad SMARTS) is 1. The van der Waals surface area contributed by atoms with Gasteiger partial charge in [-0.1, -0.05) is 25.1 Å². The zero-order valence-corrected chi connectivity index (χ0v) is 14.2. The summed E-state index contributed by atoms with van der Waals surface area (Å²) in [6.45, 7) is 1.48. The lowest BCUT2D eigenvalue weighted by atomic mass is 9.69. The number of aliphatic carboxylic acids is 1. The summed E-state index contributed by atoms with van der Waals surface area (Å²) < 4.78 is 71.1. The highest BCUT2D eigenvalue weighted by Gasteiger charge is 2.66. The van der Waals surface area contributed by atoms with Crippen molar-refractivity contribution in [1.82, 2.24) is 0 Å². The summed E-state index contributed by atoms with van der Waals surface area (Å²) in [5.74, 6) is -8.93. The van der Waals surface area contributed by atoms with E-state index in [1.54, 1.807) is 18.2 Å². The monoisotopic (exact) mass is 376 g/mol. The topological polar surface area (TPSA) is 46.5 Å². The molecule has 2 aromatic rings. The maximum Gasteiger partial charge on any atom is 0.453 e. The normalized spacial score (nSPS) is 16.2. The Morgan fingerprint density at radius 1 is 1.04 bits per heavy atom. The van der Waals surface area contributed by atoms with Gasteiger partial charge in [-0.05, 0) is 41.5 Å². The quantitative estimate of drug-likeness (QED) is 0.745. The first-order valence-electron chi connectivity index (χ1n) is 7.62. The van der Waals surface area contributed by atoms with Crippen molar-refractivity contribution in [3.8, 4) is 5.75 Å². The first-order chi connectivity index (χ1) is 11.9. The first kappa shape index (κ1) is 19.9. The van der Waals surface area contributed by atoms with Crippen molar-refractivity contribution < 1.29 is 36.6 Å². The molecule has 1 N–H and O–H groups in total. The number of alkyl halides is 5. The molecular weight excluding hydrogens is 359 g/mol. The molecule has 0 spiro atoms. The van der Waals surface area contributed by atoms with Crippen molar-refractivity contribution in [1.29, 1.82) is 0 Å². The summed E-state index contributed by atoms with van der Waals surface area (Å²) in [5, 5.41) is 10.7. The second-order valence-corrected chi connectivity index (χ2v) is 6.28. The molecule has 0 amide bonds. The highest BCUT2D eigenvalue weighted by atomic mass is 19.4. The molecule has 0 unspecified atom stereocenters. The van der Waals surface area contributed by atoms with E-state index < -0.39 is 29.4 Å². The fourth-order valence-corrected chi connectivity index (χ4v) is 2.84. The second-order valence-electron chi connectivity index (χ2n) is 6.28. The predicted octanol–water partition coefficient (Wildman–Crippen LogP) is 5.02. The molecule has 0 aliphatic rings. The molecule has 0 radical (unpaired) electrons. The molecule has 26 heavy (non-hydrogen) atoms. The van der Waals surface area contributed by atoms with Crippen molar-refractivity contribution in [3.05, 3.63) is 42.0 Å². The molecule has 0 aliphatic heterocycles. The van der Waals surface area contributed by atoms with Crippen LogP contribution in [0.4, 0.5) is 22.0 Å². The lowest BCUT2D eigenvalue weighted by Gasteiger charge is -2.37. The molecule has 2 aromatic carbocycles. The summed E-state index contributed by atoms with van der Waals surface area (Å²) in [6.07, 6.45) is -5.85. The van der Waals surface area contributed by atoms with Crippen LogP contribution >= 0.6 is 0 Å². The number of carboxylic acids is 1. The van der Waals surface area contributed by atoms with Crippen LogP contribution in [-0.4, -0.2) is 30.3 Å². The lowest BCUT2D eigenvalue weighted by molar-refractivity contribution is -0.307. The Labute approximate surface area is 146 Å². The second kappa shape index (κ2) is 6.41. The number of rotatable bonds is 5. The van der Waals surface area contributed by atoms with Crippen molar-refractivity contribution in [3.63, 3.8) is 0 Å². The molecule has 3 nitrogen and oxygen atoms in total. The number of halogens is 5. The summed E-state index contributed by atoms with van der Waals surface area (Å²) in [6, 6.07) is 8.83. The molecular formula is C18H17F5O3. The van der Waals surface area contributed by atoms with E-state index >= 15 is 0 Å². The SMILES string of the molecule is COc1ccc2cc([C@@](C)(C(=O)O)[C@@H](C)C(F)(F)C(F)(F)F)ccc2c1. The Bertz CT molecular complexity index is 831.